The molecular weight excluding hydrogens is 412 g/mol. The van der Waals surface area contributed by atoms with Gasteiger partial charge in [0.2, 0.25) is 0 Å². The van der Waals surface area contributed by atoms with Gasteiger partial charge in [-0.1, -0.05) is 54.7 Å². The highest BCUT2D eigenvalue weighted by molar-refractivity contribution is 5.60. The Morgan fingerprint density at radius 2 is 0.938 bits per heavy atom. The molecule has 0 saturated heterocycles. The molecule has 2 atom stereocenters. The molecule has 0 aromatic heterocycles. The van der Waals surface area contributed by atoms with Crippen molar-refractivity contribution in [3.05, 3.63) is 24.3 Å². The van der Waals surface area contributed by atoms with Gasteiger partial charge in [-0.2, -0.15) is 9.78 Å². The van der Waals surface area contributed by atoms with Crippen LogP contribution in [-0.4, -0.2) is 29.9 Å². The standard InChI is InChI=1S/C25H46O7/c1-17(2)19(29-31-24(11,12)15-22(5,6)7)27-21(26)28-20(18(3)4)30-32-25(13,14)16-23(8,9)10/h19-20H,1,3,15-16H2,2,4-14H3. The van der Waals surface area contributed by atoms with E-state index < -0.39 is 29.9 Å². The Bertz CT molecular complexity index is 582. The summed E-state index contributed by atoms with van der Waals surface area (Å²) < 4.78 is 10.5. The summed E-state index contributed by atoms with van der Waals surface area (Å²) in [7, 11) is 0. The van der Waals surface area contributed by atoms with E-state index in [2.05, 4.69) is 54.7 Å². The Hall–Kier alpha value is -1.41. The lowest BCUT2D eigenvalue weighted by Gasteiger charge is -2.32. The van der Waals surface area contributed by atoms with E-state index in [4.69, 9.17) is 29.0 Å². The number of hydrogen-bond donors (Lipinski definition) is 0. The van der Waals surface area contributed by atoms with Crippen LogP contribution in [0.25, 0.3) is 0 Å². The summed E-state index contributed by atoms with van der Waals surface area (Å²) in [5.74, 6) is 0. The first-order chi connectivity index (χ1) is 14.1. The van der Waals surface area contributed by atoms with Gasteiger partial charge in [-0.05, 0) is 76.4 Å². The molecule has 0 N–H and O–H groups in total. The Morgan fingerprint density at radius 1 is 0.656 bits per heavy atom. The largest absolute Gasteiger partial charge is 0.513 e. The first-order valence-electron chi connectivity index (χ1n) is 11.0. The second-order valence-corrected chi connectivity index (χ2v) is 12.2. The molecule has 0 aromatic carbocycles. The van der Waals surface area contributed by atoms with Crippen molar-refractivity contribution in [1.82, 2.24) is 0 Å². The fourth-order valence-electron chi connectivity index (χ4n) is 3.57. The van der Waals surface area contributed by atoms with Crippen LogP contribution in [0.5, 0.6) is 0 Å². The van der Waals surface area contributed by atoms with Crippen LogP contribution in [0, 0.1) is 10.8 Å². The average Bonchev–Trinajstić information content (AvgIpc) is 2.50. The first kappa shape index (κ1) is 30.6. The fraction of sp³-hybridized carbons (Fsp3) is 0.800. The third-order valence-electron chi connectivity index (χ3n) is 3.85. The van der Waals surface area contributed by atoms with Crippen molar-refractivity contribution in [1.29, 1.82) is 0 Å². The maximum atomic E-state index is 12.4. The monoisotopic (exact) mass is 458 g/mol. The van der Waals surface area contributed by atoms with Gasteiger partial charge in [-0.25, -0.2) is 14.6 Å². The molecule has 0 fully saturated rings. The van der Waals surface area contributed by atoms with Gasteiger partial charge >= 0.3 is 6.16 Å². The van der Waals surface area contributed by atoms with Crippen molar-refractivity contribution >= 4 is 6.16 Å². The van der Waals surface area contributed by atoms with Gasteiger partial charge in [0.1, 0.15) is 0 Å². The van der Waals surface area contributed by atoms with Crippen LogP contribution < -0.4 is 0 Å². The topological polar surface area (TPSA) is 72.5 Å². The van der Waals surface area contributed by atoms with Gasteiger partial charge in [0.25, 0.3) is 12.6 Å². The molecule has 0 aromatic rings. The molecule has 7 heteroatoms. The van der Waals surface area contributed by atoms with Gasteiger partial charge in [-0.3, -0.25) is 0 Å². The van der Waals surface area contributed by atoms with E-state index in [0.29, 0.717) is 11.1 Å². The van der Waals surface area contributed by atoms with Crippen molar-refractivity contribution < 1.29 is 33.8 Å². The van der Waals surface area contributed by atoms with Crippen LogP contribution >= 0.6 is 0 Å². The molecule has 0 aliphatic rings. The van der Waals surface area contributed by atoms with Gasteiger partial charge in [0.05, 0.1) is 11.2 Å². The fourth-order valence-corrected chi connectivity index (χ4v) is 3.57. The second kappa shape index (κ2) is 11.6. The van der Waals surface area contributed by atoms with Crippen molar-refractivity contribution in [2.75, 3.05) is 0 Å². The number of carbonyl (C=O) groups excluding carboxylic acids is 1. The third-order valence-corrected chi connectivity index (χ3v) is 3.85. The minimum absolute atomic E-state index is 0.0260. The summed E-state index contributed by atoms with van der Waals surface area (Å²) in [6.07, 6.45) is -1.88. The van der Waals surface area contributed by atoms with E-state index in [9.17, 15) is 4.79 Å². The molecule has 32 heavy (non-hydrogen) atoms. The molecule has 0 aliphatic heterocycles. The quantitative estimate of drug-likeness (QED) is 0.100. The molecule has 0 aliphatic carbocycles. The summed E-state index contributed by atoms with van der Waals surface area (Å²) >= 11 is 0. The minimum Gasteiger partial charge on any atom is -0.397 e. The predicted molar refractivity (Wildman–Crippen MR) is 125 cm³/mol. The third kappa shape index (κ3) is 14.6. The normalized spacial score (nSPS) is 15.1. The molecule has 0 bridgehead atoms. The number of ether oxygens (including phenoxy) is 2. The Balaban J connectivity index is 4.97. The Morgan fingerprint density at radius 3 is 1.16 bits per heavy atom. The van der Waals surface area contributed by atoms with Crippen molar-refractivity contribution in [2.45, 2.75) is 120 Å². The zero-order valence-corrected chi connectivity index (χ0v) is 22.3. The number of hydrogen-bond acceptors (Lipinski definition) is 7. The maximum Gasteiger partial charge on any atom is 0.513 e. The van der Waals surface area contributed by atoms with E-state index in [0.717, 1.165) is 12.8 Å². The Kier molecular flexibility index (Phi) is 11.1. The van der Waals surface area contributed by atoms with E-state index in [1.54, 1.807) is 13.8 Å². The van der Waals surface area contributed by atoms with E-state index >= 15 is 0 Å². The highest BCUT2D eigenvalue weighted by Crippen LogP contribution is 2.31. The van der Waals surface area contributed by atoms with Crippen LogP contribution in [0.4, 0.5) is 4.79 Å². The molecule has 0 radical (unpaired) electrons. The molecule has 188 valence electrons. The number of carbonyl (C=O) groups is 1. The van der Waals surface area contributed by atoms with E-state index in [1.807, 2.05) is 27.7 Å². The number of rotatable bonds is 12. The molecule has 0 saturated carbocycles. The Labute approximate surface area is 195 Å². The molecule has 7 nitrogen and oxygen atoms in total. The van der Waals surface area contributed by atoms with Gasteiger partial charge in [0, 0.05) is 0 Å². The summed E-state index contributed by atoms with van der Waals surface area (Å²) in [5, 5.41) is 0. The highest BCUT2D eigenvalue weighted by atomic mass is 17.2. The lowest BCUT2D eigenvalue weighted by Crippen LogP contribution is -2.35. The summed E-state index contributed by atoms with van der Waals surface area (Å²) in [6, 6.07) is 0. The van der Waals surface area contributed by atoms with Crippen LogP contribution in [-0.2, 0) is 29.0 Å². The molecular formula is C25H46O7. The van der Waals surface area contributed by atoms with E-state index in [1.165, 1.54) is 0 Å². The molecule has 0 spiro atoms. The second-order valence-electron chi connectivity index (χ2n) is 12.2. The van der Waals surface area contributed by atoms with Gasteiger partial charge < -0.3 is 9.47 Å². The molecule has 2 unspecified atom stereocenters. The highest BCUT2D eigenvalue weighted by Gasteiger charge is 2.32. The predicted octanol–water partition coefficient (Wildman–Crippen LogP) is 7.27. The van der Waals surface area contributed by atoms with Gasteiger partial charge in [-0.15, -0.1) is 0 Å². The van der Waals surface area contributed by atoms with Crippen molar-refractivity contribution in [3.8, 4) is 0 Å². The van der Waals surface area contributed by atoms with Crippen molar-refractivity contribution in [3.63, 3.8) is 0 Å². The maximum absolute atomic E-state index is 12.4. The molecule has 0 amide bonds. The van der Waals surface area contributed by atoms with Crippen LogP contribution in [0.2, 0.25) is 0 Å². The van der Waals surface area contributed by atoms with Crippen molar-refractivity contribution in [2.24, 2.45) is 10.8 Å². The summed E-state index contributed by atoms with van der Waals surface area (Å²) in [5.41, 5.74) is -0.284. The van der Waals surface area contributed by atoms with Crippen LogP contribution in [0.15, 0.2) is 24.3 Å². The molecule has 0 rings (SSSR count). The lowest BCUT2D eigenvalue weighted by atomic mass is 9.84. The van der Waals surface area contributed by atoms with Crippen LogP contribution in [0.1, 0.15) is 95.9 Å². The smallest absolute Gasteiger partial charge is 0.397 e. The first-order valence-corrected chi connectivity index (χ1v) is 11.0. The SMILES string of the molecule is C=C(C)C(OOC(C)(C)CC(C)(C)C)OC(=O)OC(OOC(C)(C)CC(C)(C)C)C(=C)C. The lowest BCUT2D eigenvalue weighted by molar-refractivity contribution is -0.417. The average molecular weight is 459 g/mol. The zero-order chi connectivity index (χ0) is 25.5. The zero-order valence-electron chi connectivity index (χ0n) is 22.3. The summed E-state index contributed by atoms with van der Waals surface area (Å²) in [6.45, 7) is 31.1. The minimum atomic E-state index is -1.15. The van der Waals surface area contributed by atoms with E-state index in [-0.39, 0.29) is 10.8 Å². The van der Waals surface area contributed by atoms with Gasteiger partial charge in [0.15, 0.2) is 0 Å². The molecule has 0 heterocycles. The summed E-state index contributed by atoms with van der Waals surface area (Å²) in [4.78, 5) is 34.2. The van der Waals surface area contributed by atoms with Crippen LogP contribution in [0.3, 0.4) is 0 Å².